The van der Waals surface area contributed by atoms with E-state index in [9.17, 15) is 8.42 Å². The van der Waals surface area contributed by atoms with Crippen LogP contribution in [0.5, 0.6) is 5.75 Å². The molecule has 7 heteroatoms. The largest absolute Gasteiger partial charge is 0.490 e. The number of piperazine rings is 1. The second kappa shape index (κ2) is 6.90. The number of likely N-dealkylation sites (N-methyl/N-ethyl adjacent to an activating group) is 1. The number of fused-ring (bicyclic) bond motifs is 1. The van der Waals surface area contributed by atoms with E-state index in [0.717, 1.165) is 38.3 Å². The lowest BCUT2D eigenvalue weighted by Gasteiger charge is -2.34. The van der Waals surface area contributed by atoms with E-state index < -0.39 is 10.0 Å². The van der Waals surface area contributed by atoms with Gasteiger partial charge in [-0.15, -0.1) is 0 Å². The fraction of sp³-hybridized carbons (Fsp3) is 0.647. The summed E-state index contributed by atoms with van der Waals surface area (Å²) in [5, 5.41) is 0. The molecule has 24 heavy (non-hydrogen) atoms. The van der Waals surface area contributed by atoms with Crippen LogP contribution in [-0.4, -0.2) is 59.2 Å². The van der Waals surface area contributed by atoms with E-state index in [1.165, 1.54) is 0 Å². The van der Waals surface area contributed by atoms with Crippen molar-refractivity contribution in [3.8, 4) is 5.75 Å². The first-order valence-electron chi connectivity index (χ1n) is 8.58. The molecular formula is C17H27N3O3S. The number of anilines is 1. The number of ether oxygens (including phenoxy) is 1. The third-order valence-electron chi connectivity index (χ3n) is 4.60. The first-order valence-corrected chi connectivity index (χ1v) is 10.1. The summed E-state index contributed by atoms with van der Waals surface area (Å²) in [6.45, 7) is 8.43. The first-order chi connectivity index (χ1) is 11.3. The zero-order valence-corrected chi connectivity index (χ0v) is 15.5. The van der Waals surface area contributed by atoms with E-state index in [2.05, 4.69) is 35.4 Å². The predicted molar refractivity (Wildman–Crippen MR) is 95.2 cm³/mol. The summed E-state index contributed by atoms with van der Waals surface area (Å²) in [6.07, 6.45) is 0.762. The number of sulfonamides is 1. The molecule has 6 nitrogen and oxygen atoms in total. The van der Waals surface area contributed by atoms with Gasteiger partial charge in [-0.05, 0) is 31.5 Å². The molecule has 134 valence electrons. The lowest BCUT2D eigenvalue weighted by atomic mass is 10.1. The molecule has 2 aliphatic rings. The quantitative estimate of drug-likeness (QED) is 0.893. The Hall–Kier alpha value is -1.31. The highest BCUT2D eigenvalue weighted by molar-refractivity contribution is 7.89. The van der Waals surface area contributed by atoms with E-state index in [-0.39, 0.29) is 10.9 Å². The Kier molecular flexibility index (Phi) is 5.03. The van der Waals surface area contributed by atoms with Gasteiger partial charge in [-0.2, -0.15) is 0 Å². The average molecular weight is 353 g/mol. The lowest BCUT2D eigenvalue weighted by molar-refractivity contribution is 0.262. The second-order valence-electron chi connectivity index (χ2n) is 7.18. The zero-order valence-electron chi connectivity index (χ0n) is 14.7. The molecule has 1 aromatic rings. The highest BCUT2D eigenvalue weighted by Gasteiger charge is 2.29. The molecule has 2 aliphatic heterocycles. The van der Waals surface area contributed by atoms with Crippen LogP contribution in [0.2, 0.25) is 0 Å². The Morgan fingerprint density at radius 1 is 1.25 bits per heavy atom. The molecule has 0 bridgehead atoms. The molecule has 1 N–H and O–H groups in total. The standard InChI is InChI=1S/C17H27N3O3S/c1-13(2)10-14-12-23-16-11-15(20-8-6-19(3)7-9-20)4-5-17(16)24(21,22)18-14/h4-5,11,13-14,18H,6-10,12H2,1-3H3/t14-/m1/s1. The lowest BCUT2D eigenvalue weighted by Crippen LogP contribution is -2.44. The molecule has 2 heterocycles. The number of benzene rings is 1. The minimum atomic E-state index is -3.53. The minimum absolute atomic E-state index is 0.186. The molecule has 1 atom stereocenters. The number of hydrogen-bond acceptors (Lipinski definition) is 5. The van der Waals surface area contributed by atoms with Crippen molar-refractivity contribution in [1.82, 2.24) is 9.62 Å². The Labute approximate surface area is 144 Å². The highest BCUT2D eigenvalue weighted by Crippen LogP contribution is 2.32. The van der Waals surface area contributed by atoms with Crippen LogP contribution >= 0.6 is 0 Å². The van der Waals surface area contributed by atoms with Crippen LogP contribution in [-0.2, 0) is 10.0 Å². The molecule has 0 aliphatic carbocycles. The zero-order chi connectivity index (χ0) is 17.3. The van der Waals surface area contributed by atoms with Crippen LogP contribution in [0.1, 0.15) is 20.3 Å². The molecule has 0 unspecified atom stereocenters. The van der Waals surface area contributed by atoms with Gasteiger partial charge in [0.1, 0.15) is 17.3 Å². The van der Waals surface area contributed by atoms with Crippen molar-refractivity contribution in [2.75, 3.05) is 44.7 Å². The summed E-state index contributed by atoms with van der Waals surface area (Å²) in [6, 6.07) is 5.24. The molecule has 3 rings (SSSR count). The summed E-state index contributed by atoms with van der Waals surface area (Å²) in [4.78, 5) is 4.81. The SMILES string of the molecule is CC(C)C[C@@H]1COc2cc(N3CCN(C)CC3)ccc2S(=O)(=O)N1. The van der Waals surface area contributed by atoms with Gasteiger partial charge in [0.05, 0.1) is 6.04 Å². The van der Waals surface area contributed by atoms with Crippen LogP contribution in [0.25, 0.3) is 0 Å². The van der Waals surface area contributed by atoms with Crippen molar-refractivity contribution in [1.29, 1.82) is 0 Å². The summed E-state index contributed by atoms with van der Waals surface area (Å²) in [5.41, 5.74) is 1.03. The van der Waals surface area contributed by atoms with Crippen molar-refractivity contribution in [3.63, 3.8) is 0 Å². The summed E-state index contributed by atoms with van der Waals surface area (Å²) >= 11 is 0. The van der Waals surface area contributed by atoms with Crippen molar-refractivity contribution >= 4 is 15.7 Å². The summed E-state index contributed by atoms with van der Waals surface area (Å²) in [7, 11) is -1.42. The Morgan fingerprint density at radius 3 is 2.62 bits per heavy atom. The van der Waals surface area contributed by atoms with Crippen molar-refractivity contribution < 1.29 is 13.2 Å². The van der Waals surface area contributed by atoms with Gasteiger partial charge >= 0.3 is 0 Å². The molecule has 1 aromatic carbocycles. The number of nitrogens with one attached hydrogen (secondary N) is 1. The van der Waals surface area contributed by atoms with Crippen LogP contribution in [0.3, 0.4) is 0 Å². The molecule has 0 amide bonds. The number of rotatable bonds is 3. The number of hydrogen-bond donors (Lipinski definition) is 1. The molecule has 0 aromatic heterocycles. The van der Waals surface area contributed by atoms with Gasteiger partial charge in [0.15, 0.2) is 0 Å². The third kappa shape index (κ3) is 3.84. The minimum Gasteiger partial charge on any atom is -0.490 e. The topological polar surface area (TPSA) is 61.9 Å². The first kappa shape index (κ1) is 17.5. The fourth-order valence-electron chi connectivity index (χ4n) is 3.29. The molecule has 0 spiro atoms. The summed E-state index contributed by atoms with van der Waals surface area (Å²) < 4.78 is 33.9. The van der Waals surface area contributed by atoms with Gasteiger partial charge in [-0.1, -0.05) is 13.8 Å². The van der Waals surface area contributed by atoms with Crippen LogP contribution in [0.15, 0.2) is 23.1 Å². The molecular weight excluding hydrogens is 326 g/mol. The van der Waals surface area contributed by atoms with Crippen LogP contribution < -0.4 is 14.4 Å². The van der Waals surface area contributed by atoms with E-state index in [1.807, 2.05) is 12.1 Å². The van der Waals surface area contributed by atoms with E-state index >= 15 is 0 Å². The van der Waals surface area contributed by atoms with Crippen molar-refractivity contribution in [2.24, 2.45) is 5.92 Å². The van der Waals surface area contributed by atoms with Gasteiger partial charge < -0.3 is 14.5 Å². The van der Waals surface area contributed by atoms with Crippen LogP contribution in [0, 0.1) is 5.92 Å². The number of nitrogens with zero attached hydrogens (tertiary/aromatic N) is 2. The molecule has 1 saturated heterocycles. The highest BCUT2D eigenvalue weighted by atomic mass is 32.2. The Bertz CT molecular complexity index is 682. The van der Waals surface area contributed by atoms with Crippen molar-refractivity contribution in [2.45, 2.75) is 31.2 Å². The van der Waals surface area contributed by atoms with E-state index in [1.54, 1.807) is 6.07 Å². The molecule has 0 radical (unpaired) electrons. The second-order valence-corrected chi connectivity index (χ2v) is 8.86. The van der Waals surface area contributed by atoms with E-state index in [0.29, 0.717) is 18.3 Å². The van der Waals surface area contributed by atoms with Crippen molar-refractivity contribution in [3.05, 3.63) is 18.2 Å². The Morgan fingerprint density at radius 2 is 1.96 bits per heavy atom. The molecule has 1 fully saturated rings. The average Bonchev–Trinajstić information content (AvgIpc) is 2.63. The smallest absolute Gasteiger partial charge is 0.244 e. The molecule has 0 saturated carbocycles. The van der Waals surface area contributed by atoms with Gasteiger partial charge in [0, 0.05) is 37.9 Å². The van der Waals surface area contributed by atoms with Gasteiger partial charge in [0.25, 0.3) is 0 Å². The summed E-state index contributed by atoms with van der Waals surface area (Å²) in [5.74, 6) is 0.869. The normalized spacial score (nSPS) is 24.3. The Balaban J connectivity index is 1.84. The fourth-order valence-corrected chi connectivity index (χ4v) is 4.65. The van der Waals surface area contributed by atoms with Gasteiger partial charge in [0.2, 0.25) is 10.0 Å². The van der Waals surface area contributed by atoms with Crippen LogP contribution in [0.4, 0.5) is 5.69 Å². The maximum Gasteiger partial charge on any atom is 0.244 e. The monoisotopic (exact) mass is 353 g/mol. The maximum absolute atomic E-state index is 12.6. The maximum atomic E-state index is 12.6. The predicted octanol–water partition coefficient (Wildman–Crippen LogP) is 1.52. The third-order valence-corrected chi connectivity index (χ3v) is 6.16. The van der Waals surface area contributed by atoms with Gasteiger partial charge in [-0.25, -0.2) is 13.1 Å². The van der Waals surface area contributed by atoms with E-state index in [4.69, 9.17) is 4.74 Å². The van der Waals surface area contributed by atoms with Gasteiger partial charge in [-0.3, -0.25) is 0 Å².